The number of nitrogens with one attached hydrogen (secondary N) is 1. The lowest BCUT2D eigenvalue weighted by atomic mass is 10.1. The molecule has 0 saturated heterocycles. The van der Waals surface area contributed by atoms with Crippen molar-refractivity contribution in [2.45, 2.75) is 26.4 Å². The van der Waals surface area contributed by atoms with Gasteiger partial charge in [-0.3, -0.25) is 14.4 Å². The average Bonchev–Trinajstić information content (AvgIpc) is 2.46. The van der Waals surface area contributed by atoms with Gasteiger partial charge in [0, 0.05) is 19.0 Å². The first-order valence-corrected chi connectivity index (χ1v) is 6.56. The van der Waals surface area contributed by atoms with Crippen LogP contribution >= 0.6 is 0 Å². The maximum Gasteiger partial charge on any atom is 0.308 e. The highest BCUT2D eigenvalue weighted by Crippen LogP contribution is 2.13. The molecule has 0 aromatic heterocycles. The molecule has 1 rings (SSSR count). The van der Waals surface area contributed by atoms with Crippen molar-refractivity contribution in [1.82, 2.24) is 5.32 Å². The molecule has 21 heavy (non-hydrogen) atoms. The van der Waals surface area contributed by atoms with Gasteiger partial charge in [-0.05, 0) is 31.2 Å². The van der Waals surface area contributed by atoms with Crippen molar-refractivity contribution in [2.75, 3.05) is 13.7 Å². The Hall–Kier alpha value is -2.37. The molecule has 0 radical (unpaired) electrons. The summed E-state index contributed by atoms with van der Waals surface area (Å²) >= 11 is 0. The number of amides is 1. The Morgan fingerprint density at radius 1 is 1.19 bits per heavy atom. The predicted molar refractivity (Wildman–Crippen MR) is 76.2 cm³/mol. The zero-order valence-corrected chi connectivity index (χ0v) is 12.3. The van der Waals surface area contributed by atoms with Gasteiger partial charge in [-0.1, -0.05) is 0 Å². The highest BCUT2D eigenvalue weighted by atomic mass is 16.5. The number of hydrogen-bond donors (Lipinski definition) is 1. The lowest BCUT2D eigenvalue weighted by Crippen LogP contribution is -2.28. The Kier molecular flexibility index (Phi) is 6.39. The molecule has 114 valence electrons. The molecule has 6 nitrogen and oxygen atoms in total. The van der Waals surface area contributed by atoms with Crippen molar-refractivity contribution in [3.8, 4) is 5.75 Å². The second-order valence-corrected chi connectivity index (χ2v) is 4.46. The molecule has 1 N–H and O–H groups in total. The van der Waals surface area contributed by atoms with Crippen LogP contribution in [0, 0.1) is 0 Å². The number of benzene rings is 1. The van der Waals surface area contributed by atoms with E-state index in [9.17, 15) is 14.4 Å². The molecule has 0 aliphatic rings. The second-order valence-electron chi connectivity index (χ2n) is 4.46. The minimum Gasteiger partial charge on any atom is -0.497 e. The van der Waals surface area contributed by atoms with Crippen LogP contribution in [0.3, 0.4) is 0 Å². The van der Waals surface area contributed by atoms with E-state index in [1.807, 2.05) is 0 Å². The van der Waals surface area contributed by atoms with E-state index in [0.29, 0.717) is 11.3 Å². The van der Waals surface area contributed by atoms with Gasteiger partial charge in [0.2, 0.25) is 11.7 Å². The van der Waals surface area contributed by atoms with Gasteiger partial charge in [-0.25, -0.2) is 0 Å². The van der Waals surface area contributed by atoms with Gasteiger partial charge < -0.3 is 14.8 Å². The summed E-state index contributed by atoms with van der Waals surface area (Å²) in [4.78, 5) is 34.3. The van der Waals surface area contributed by atoms with Crippen LogP contribution in [-0.2, 0) is 14.3 Å². The number of esters is 1. The number of carbonyl (C=O) groups is 3. The molecule has 1 aromatic carbocycles. The van der Waals surface area contributed by atoms with Crippen LogP contribution < -0.4 is 10.1 Å². The fourth-order valence-electron chi connectivity index (χ4n) is 1.64. The standard InChI is InChI=1S/C15H19NO5/c1-10(21-14(18)8-9-16-11(2)17)15(19)12-4-6-13(20-3)7-5-12/h4-7,10H,8-9H2,1-3H3,(H,16,17)/t10-/m0/s1. The summed E-state index contributed by atoms with van der Waals surface area (Å²) in [5, 5.41) is 2.48. The Morgan fingerprint density at radius 3 is 2.33 bits per heavy atom. The summed E-state index contributed by atoms with van der Waals surface area (Å²) in [6, 6.07) is 6.56. The van der Waals surface area contributed by atoms with Gasteiger partial charge >= 0.3 is 5.97 Å². The van der Waals surface area contributed by atoms with Gasteiger partial charge in [-0.15, -0.1) is 0 Å². The van der Waals surface area contributed by atoms with Gasteiger partial charge in [0.1, 0.15) is 5.75 Å². The SMILES string of the molecule is COc1ccc(C(=O)[C@H](C)OC(=O)CCNC(C)=O)cc1. The molecule has 1 amide bonds. The number of hydrogen-bond acceptors (Lipinski definition) is 5. The van der Waals surface area contributed by atoms with Crippen LogP contribution in [-0.4, -0.2) is 37.4 Å². The summed E-state index contributed by atoms with van der Waals surface area (Å²) < 4.78 is 10.0. The quantitative estimate of drug-likeness (QED) is 0.606. The summed E-state index contributed by atoms with van der Waals surface area (Å²) in [6.45, 7) is 3.07. The molecule has 0 bridgehead atoms. The largest absolute Gasteiger partial charge is 0.497 e. The highest BCUT2D eigenvalue weighted by molar-refractivity contribution is 6.00. The third kappa shape index (κ3) is 5.64. The Bertz CT molecular complexity index is 509. The monoisotopic (exact) mass is 293 g/mol. The van der Waals surface area contributed by atoms with Gasteiger partial charge in [0.25, 0.3) is 0 Å². The van der Waals surface area contributed by atoms with Crippen LogP contribution in [0.25, 0.3) is 0 Å². The third-order valence-corrected chi connectivity index (χ3v) is 2.76. The van der Waals surface area contributed by atoms with Crippen LogP contribution in [0.1, 0.15) is 30.6 Å². The molecule has 0 fully saturated rings. The smallest absolute Gasteiger partial charge is 0.308 e. The summed E-state index contributed by atoms with van der Waals surface area (Å²) in [6.07, 6.45) is -0.844. The minimum atomic E-state index is -0.872. The molecule has 0 saturated carbocycles. The molecule has 0 spiro atoms. The van der Waals surface area contributed by atoms with Crippen LogP contribution in [0.4, 0.5) is 0 Å². The lowest BCUT2D eigenvalue weighted by Gasteiger charge is -2.12. The molecule has 1 aromatic rings. The second kappa shape index (κ2) is 8.04. The molecule has 6 heteroatoms. The molecule has 1 atom stereocenters. The average molecular weight is 293 g/mol. The number of carbonyl (C=O) groups excluding carboxylic acids is 3. The van der Waals surface area contributed by atoms with Crippen LogP contribution in [0.5, 0.6) is 5.75 Å². The van der Waals surface area contributed by atoms with E-state index < -0.39 is 12.1 Å². The van der Waals surface area contributed by atoms with Crippen molar-refractivity contribution < 1.29 is 23.9 Å². The van der Waals surface area contributed by atoms with E-state index in [-0.39, 0.29) is 24.7 Å². The highest BCUT2D eigenvalue weighted by Gasteiger charge is 2.19. The van der Waals surface area contributed by atoms with E-state index in [0.717, 1.165) is 0 Å². The van der Waals surface area contributed by atoms with Crippen molar-refractivity contribution in [3.05, 3.63) is 29.8 Å². The van der Waals surface area contributed by atoms with Gasteiger partial charge in [-0.2, -0.15) is 0 Å². The first-order valence-electron chi connectivity index (χ1n) is 6.56. The van der Waals surface area contributed by atoms with Crippen molar-refractivity contribution >= 4 is 17.7 Å². The van der Waals surface area contributed by atoms with Crippen LogP contribution in [0.15, 0.2) is 24.3 Å². The van der Waals surface area contributed by atoms with Gasteiger partial charge in [0.05, 0.1) is 13.5 Å². The zero-order chi connectivity index (χ0) is 15.8. The topological polar surface area (TPSA) is 81.7 Å². The summed E-state index contributed by atoms with van der Waals surface area (Å²) in [5.74, 6) is -0.389. The third-order valence-electron chi connectivity index (χ3n) is 2.76. The van der Waals surface area contributed by atoms with Gasteiger partial charge in [0.15, 0.2) is 6.10 Å². The van der Waals surface area contributed by atoms with E-state index in [4.69, 9.17) is 9.47 Å². The van der Waals surface area contributed by atoms with E-state index >= 15 is 0 Å². The van der Waals surface area contributed by atoms with E-state index in [2.05, 4.69) is 5.32 Å². The molecular formula is C15H19NO5. The van der Waals surface area contributed by atoms with E-state index in [1.54, 1.807) is 24.3 Å². The maximum atomic E-state index is 12.1. The number of ether oxygens (including phenoxy) is 2. The van der Waals surface area contributed by atoms with Crippen molar-refractivity contribution in [2.24, 2.45) is 0 Å². The first kappa shape index (κ1) is 16.7. The Balaban J connectivity index is 2.49. The zero-order valence-electron chi connectivity index (χ0n) is 12.3. The number of rotatable bonds is 7. The fraction of sp³-hybridized carbons (Fsp3) is 0.400. The fourth-order valence-corrected chi connectivity index (χ4v) is 1.64. The molecule has 0 heterocycles. The Labute approximate surface area is 123 Å². The minimum absolute atomic E-state index is 0.0276. The molecular weight excluding hydrogens is 274 g/mol. The maximum absolute atomic E-state index is 12.1. The van der Waals surface area contributed by atoms with Crippen LogP contribution in [0.2, 0.25) is 0 Å². The van der Waals surface area contributed by atoms with Crippen molar-refractivity contribution in [3.63, 3.8) is 0 Å². The Morgan fingerprint density at radius 2 is 1.81 bits per heavy atom. The lowest BCUT2D eigenvalue weighted by molar-refractivity contribution is -0.146. The number of Topliss-reactive ketones (excluding diaryl/α,β-unsaturated/α-hetero) is 1. The number of methoxy groups -OCH3 is 1. The molecule has 0 aliphatic heterocycles. The molecule has 0 unspecified atom stereocenters. The number of ketones is 1. The molecule has 0 aliphatic carbocycles. The summed E-state index contributed by atoms with van der Waals surface area (Å²) in [7, 11) is 1.54. The summed E-state index contributed by atoms with van der Waals surface area (Å²) in [5.41, 5.74) is 0.443. The van der Waals surface area contributed by atoms with E-state index in [1.165, 1.54) is 21.0 Å². The van der Waals surface area contributed by atoms with Crippen molar-refractivity contribution in [1.29, 1.82) is 0 Å². The normalized spacial score (nSPS) is 11.4. The predicted octanol–water partition coefficient (Wildman–Crippen LogP) is 1.34. The first-order chi connectivity index (χ1) is 9.93.